The molecule has 8 nitrogen and oxygen atoms in total. The normalized spacial score (nSPS) is 19.9. The van der Waals surface area contributed by atoms with E-state index in [9.17, 15) is 5.11 Å². The second-order valence-electron chi connectivity index (χ2n) is 11.7. The number of ether oxygens (including phenoxy) is 1. The minimum absolute atomic E-state index is 0.0942. The Kier molecular flexibility index (Phi) is 7.80. The van der Waals surface area contributed by atoms with E-state index in [1.54, 1.807) is 7.11 Å². The number of methoxy groups -OCH3 is 1. The summed E-state index contributed by atoms with van der Waals surface area (Å²) in [6.45, 7) is 6.31. The van der Waals surface area contributed by atoms with Crippen LogP contribution in [0.5, 0.6) is 5.75 Å². The number of nitrogen functional groups attached to an aromatic ring is 1. The summed E-state index contributed by atoms with van der Waals surface area (Å²) in [4.78, 5) is 12.0. The number of aromatic nitrogens is 3. The molecule has 0 bridgehead atoms. The number of benzene rings is 2. The number of likely N-dealkylation sites (tertiary alicyclic amines) is 1. The molecule has 1 aliphatic carbocycles. The van der Waals surface area contributed by atoms with Gasteiger partial charge < -0.3 is 25.5 Å². The van der Waals surface area contributed by atoms with Gasteiger partial charge in [0.05, 0.1) is 19.2 Å². The Hall–Kier alpha value is -3.36. The molecule has 3 heterocycles. The number of aliphatic hydroxyl groups is 1. The van der Waals surface area contributed by atoms with Gasteiger partial charge in [-0.1, -0.05) is 44.0 Å². The number of nitrogens with zero attached hydrogens (tertiary/aromatic N) is 4. The van der Waals surface area contributed by atoms with Crippen molar-refractivity contribution in [3.05, 3.63) is 53.6 Å². The van der Waals surface area contributed by atoms with E-state index >= 15 is 0 Å². The molecule has 2 fully saturated rings. The summed E-state index contributed by atoms with van der Waals surface area (Å²) in [5, 5.41) is 14.3. The first-order valence-corrected chi connectivity index (χ1v) is 14.9. The summed E-state index contributed by atoms with van der Waals surface area (Å²) in [5.74, 6) is 3.60. The minimum Gasteiger partial charge on any atom is -0.496 e. The third-order valence-electron chi connectivity index (χ3n) is 8.96. The largest absolute Gasteiger partial charge is 0.496 e. The summed E-state index contributed by atoms with van der Waals surface area (Å²) >= 11 is 0. The summed E-state index contributed by atoms with van der Waals surface area (Å²) in [6.07, 6.45) is 6.77. The SMILES string of the molecule is CCC[C@@H](CCO)Nc1nc(N)nc2c3ccccc3n(Cc3cc(CN4C[C@H]5CCC[C@H]5C4)ccc3OC)c12. The molecule has 1 saturated heterocycles. The van der Waals surface area contributed by atoms with Crippen LogP contribution in [0.25, 0.3) is 21.9 Å². The lowest BCUT2D eigenvalue weighted by molar-refractivity contribution is 0.276. The van der Waals surface area contributed by atoms with Crippen LogP contribution in [0.1, 0.15) is 56.6 Å². The molecule has 8 heteroatoms. The van der Waals surface area contributed by atoms with Gasteiger partial charge in [0.1, 0.15) is 16.8 Å². The van der Waals surface area contributed by atoms with E-state index in [0.717, 1.165) is 64.5 Å². The first-order valence-electron chi connectivity index (χ1n) is 14.9. The van der Waals surface area contributed by atoms with Crippen molar-refractivity contribution in [2.75, 3.05) is 37.9 Å². The first kappa shape index (κ1) is 26.8. The van der Waals surface area contributed by atoms with Gasteiger partial charge in [0.15, 0.2) is 5.82 Å². The van der Waals surface area contributed by atoms with Gasteiger partial charge >= 0.3 is 0 Å². The van der Waals surface area contributed by atoms with E-state index in [4.69, 9.17) is 15.5 Å². The molecule has 1 saturated carbocycles. The minimum atomic E-state index is 0.0942. The standard InChI is InChI=1S/C32H42N6O2/c1-3-7-25(14-15-39)34-31-30-29(35-32(33)36-31)26-10-4-5-11-27(26)38(30)20-24-16-21(12-13-28(24)40-2)17-37-18-22-8-6-9-23(22)19-37/h4-5,10-13,16,22-23,25,39H,3,6-9,14-15,17-20H2,1-2H3,(H3,33,34,35,36)/t22-,23+,25-/m0/s1. The van der Waals surface area contributed by atoms with Gasteiger partial charge in [0.25, 0.3) is 0 Å². The Morgan fingerprint density at radius 1 is 1.07 bits per heavy atom. The van der Waals surface area contributed by atoms with Gasteiger partial charge in [-0.2, -0.15) is 4.98 Å². The van der Waals surface area contributed by atoms with Crippen LogP contribution in [0.3, 0.4) is 0 Å². The molecule has 6 rings (SSSR count). The molecule has 0 spiro atoms. The zero-order valence-electron chi connectivity index (χ0n) is 23.8. The van der Waals surface area contributed by atoms with Gasteiger partial charge in [-0.25, -0.2) is 4.98 Å². The van der Waals surface area contributed by atoms with Crippen molar-refractivity contribution in [2.45, 2.75) is 64.6 Å². The fourth-order valence-electron chi connectivity index (χ4n) is 7.14. The molecule has 4 N–H and O–H groups in total. The maximum Gasteiger partial charge on any atom is 0.222 e. The van der Waals surface area contributed by atoms with Crippen LogP contribution in [0.2, 0.25) is 0 Å². The Bertz CT molecular complexity index is 1470. The third kappa shape index (κ3) is 5.22. The number of para-hydroxylation sites is 1. The third-order valence-corrected chi connectivity index (χ3v) is 8.96. The highest BCUT2D eigenvalue weighted by atomic mass is 16.5. The van der Waals surface area contributed by atoms with Gasteiger partial charge in [-0.15, -0.1) is 0 Å². The number of rotatable bonds is 11. The molecule has 3 atom stereocenters. The van der Waals surface area contributed by atoms with Crippen molar-refractivity contribution < 1.29 is 9.84 Å². The van der Waals surface area contributed by atoms with Gasteiger partial charge in [-0.05, 0) is 61.3 Å². The van der Waals surface area contributed by atoms with E-state index in [0.29, 0.717) is 18.8 Å². The molecule has 2 aliphatic rings. The van der Waals surface area contributed by atoms with Gasteiger partial charge in [0, 0.05) is 43.2 Å². The van der Waals surface area contributed by atoms with Crippen LogP contribution in [0.4, 0.5) is 11.8 Å². The molecule has 1 aliphatic heterocycles. The molecule has 2 aromatic heterocycles. The number of aliphatic hydroxyl groups excluding tert-OH is 1. The highest BCUT2D eigenvalue weighted by Gasteiger charge is 2.35. The maximum atomic E-state index is 9.68. The van der Waals surface area contributed by atoms with Crippen LogP contribution in [-0.4, -0.2) is 57.4 Å². The molecule has 2 aromatic carbocycles. The monoisotopic (exact) mass is 542 g/mol. The fourth-order valence-corrected chi connectivity index (χ4v) is 7.14. The van der Waals surface area contributed by atoms with Crippen molar-refractivity contribution in [2.24, 2.45) is 11.8 Å². The van der Waals surface area contributed by atoms with Crippen LogP contribution in [0, 0.1) is 11.8 Å². The maximum absolute atomic E-state index is 9.68. The van der Waals surface area contributed by atoms with Gasteiger partial charge in [0.2, 0.25) is 5.95 Å². The Morgan fingerprint density at radius 2 is 1.88 bits per heavy atom. The lowest BCUT2D eigenvalue weighted by Gasteiger charge is -2.20. The lowest BCUT2D eigenvalue weighted by Crippen LogP contribution is -2.22. The van der Waals surface area contributed by atoms with Crippen molar-refractivity contribution in [1.82, 2.24) is 19.4 Å². The molecule has 40 heavy (non-hydrogen) atoms. The number of nitrogens with two attached hydrogens (primary N) is 1. The molecule has 212 valence electrons. The van der Waals surface area contributed by atoms with E-state index in [-0.39, 0.29) is 18.6 Å². The average Bonchev–Trinajstić information content (AvgIpc) is 3.62. The second kappa shape index (κ2) is 11.6. The number of nitrogens with one attached hydrogen (secondary N) is 1. The zero-order chi connectivity index (χ0) is 27.6. The Balaban J connectivity index is 1.40. The first-order chi connectivity index (χ1) is 19.6. The molecular weight excluding hydrogens is 500 g/mol. The molecule has 4 aromatic rings. The van der Waals surface area contributed by atoms with E-state index in [2.05, 4.69) is 63.1 Å². The summed E-state index contributed by atoms with van der Waals surface area (Å²) in [6, 6.07) is 15.1. The van der Waals surface area contributed by atoms with Crippen molar-refractivity contribution in [1.29, 1.82) is 0 Å². The molecule has 0 radical (unpaired) electrons. The van der Waals surface area contributed by atoms with Crippen LogP contribution in [0.15, 0.2) is 42.5 Å². The number of hydrogen-bond donors (Lipinski definition) is 3. The van der Waals surface area contributed by atoms with Crippen LogP contribution in [-0.2, 0) is 13.1 Å². The van der Waals surface area contributed by atoms with Gasteiger partial charge in [-0.3, -0.25) is 4.90 Å². The summed E-state index contributed by atoms with van der Waals surface area (Å²) in [7, 11) is 1.74. The predicted octanol–water partition coefficient (Wildman–Crippen LogP) is 5.42. The lowest BCUT2D eigenvalue weighted by atomic mass is 10.0. The number of hydrogen-bond acceptors (Lipinski definition) is 7. The Labute approximate surface area is 236 Å². The molecule has 0 unspecified atom stereocenters. The highest BCUT2D eigenvalue weighted by molar-refractivity contribution is 6.09. The summed E-state index contributed by atoms with van der Waals surface area (Å²) < 4.78 is 8.15. The quantitative estimate of drug-likeness (QED) is 0.233. The predicted molar refractivity (Wildman–Crippen MR) is 162 cm³/mol. The zero-order valence-corrected chi connectivity index (χ0v) is 23.8. The highest BCUT2D eigenvalue weighted by Crippen LogP contribution is 2.39. The van der Waals surface area contributed by atoms with Crippen LogP contribution >= 0.6 is 0 Å². The Morgan fingerprint density at radius 3 is 2.62 bits per heavy atom. The van der Waals surface area contributed by atoms with Crippen molar-refractivity contribution in [3.8, 4) is 5.75 Å². The fraction of sp³-hybridized carbons (Fsp3) is 0.500. The smallest absolute Gasteiger partial charge is 0.222 e. The van der Waals surface area contributed by atoms with Crippen LogP contribution < -0.4 is 15.8 Å². The van der Waals surface area contributed by atoms with E-state index in [1.165, 1.54) is 37.9 Å². The van der Waals surface area contributed by atoms with Crippen molar-refractivity contribution >= 4 is 33.7 Å². The van der Waals surface area contributed by atoms with E-state index in [1.807, 2.05) is 6.07 Å². The van der Waals surface area contributed by atoms with Crippen molar-refractivity contribution in [3.63, 3.8) is 0 Å². The van der Waals surface area contributed by atoms with E-state index < -0.39 is 0 Å². The number of fused-ring (bicyclic) bond motifs is 4. The summed E-state index contributed by atoms with van der Waals surface area (Å²) in [5.41, 5.74) is 11.5. The topological polar surface area (TPSA) is 101 Å². The molecule has 0 amide bonds. The average molecular weight is 543 g/mol. The second-order valence-corrected chi connectivity index (χ2v) is 11.7. The molecular formula is C32H42N6O2. The number of anilines is 2.